The molecule has 0 aliphatic carbocycles. The topological polar surface area (TPSA) is 120 Å². The van der Waals surface area contributed by atoms with Gasteiger partial charge in [-0.05, 0) is 17.7 Å². The normalized spacial score (nSPS) is 21.8. The number of carbonyl (C=O) groups is 1. The van der Waals surface area contributed by atoms with E-state index in [0.29, 0.717) is 0 Å². The first-order valence-electron chi connectivity index (χ1n) is 11.4. The second-order valence-electron chi connectivity index (χ2n) is 7.71. The van der Waals surface area contributed by atoms with Crippen LogP contribution in [0, 0.1) is 17.5 Å². The van der Waals surface area contributed by atoms with Crippen molar-refractivity contribution in [1.29, 1.82) is 0 Å². The predicted octanol–water partition coefficient (Wildman–Crippen LogP) is 3.01. The van der Waals surface area contributed by atoms with Gasteiger partial charge in [0.25, 0.3) is 0 Å². The molecule has 0 aromatic heterocycles. The van der Waals surface area contributed by atoms with Gasteiger partial charge in [0.1, 0.15) is 6.79 Å². The van der Waals surface area contributed by atoms with Gasteiger partial charge >= 0.3 is 5.97 Å². The predicted molar refractivity (Wildman–Crippen MR) is 127 cm³/mol. The highest BCUT2D eigenvalue weighted by atomic mass is 19.2. The summed E-state index contributed by atoms with van der Waals surface area (Å²) in [5, 5.41) is 10.4. The number of methoxy groups -OCH3 is 1. The lowest BCUT2D eigenvalue weighted by atomic mass is 9.81. The summed E-state index contributed by atoms with van der Waals surface area (Å²) in [6.45, 7) is 3.39. The van der Waals surface area contributed by atoms with Gasteiger partial charge in [-0.15, -0.1) is 0 Å². The van der Waals surface area contributed by atoms with Crippen LogP contribution in [0.3, 0.4) is 0 Å². The van der Waals surface area contributed by atoms with Crippen LogP contribution in [0.5, 0.6) is 0 Å². The van der Waals surface area contributed by atoms with Gasteiger partial charge < -0.3 is 30.1 Å². The monoisotopic (exact) mass is 511 g/mol. The summed E-state index contributed by atoms with van der Waals surface area (Å²) in [6.07, 6.45) is -0.368. The zero-order valence-corrected chi connectivity index (χ0v) is 20.4. The van der Waals surface area contributed by atoms with Crippen molar-refractivity contribution in [3.8, 4) is 0 Å². The van der Waals surface area contributed by atoms with Crippen LogP contribution >= 0.6 is 0 Å². The largest absolute Gasteiger partial charge is 0.467 e. The van der Waals surface area contributed by atoms with Crippen molar-refractivity contribution in [1.82, 2.24) is 5.01 Å². The fourth-order valence-electron chi connectivity index (χ4n) is 4.03. The van der Waals surface area contributed by atoms with Crippen LogP contribution in [0.15, 0.2) is 48.7 Å². The first kappa shape index (κ1) is 29.1. The smallest absolute Gasteiger partial charge is 0.335 e. The Morgan fingerprint density at radius 1 is 1.19 bits per heavy atom. The van der Waals surface area contributed by atoms with E-state index in [1.54, 1.807) is 0 Å². The van der Waals surface area contributed by atoms with Crippen LogP contribution < -0.4 is 11.6 Å². The second-order valence-corrected chi connectivity index (χ2v) is 7.71. The maximum atomic E-state index is 13.7. The molecule has 0 spiro atoms. The Kier molecular flexibility index (Phi) is 11.2. The summed E-state index contributed by atoms with van der Waals surface area (Å²) in [5.74, 6) is 0.856. The number of carbonyl (C=O) groups excluding carboxylic acids is 1. The van der Waals surface area contributed by atoms with Crippen LogP contribution in [0.25, 0.3) is 5.70 Å². The van der Waals surface area contributed by atoms with E-state index < -0.39 is 54.4 Å². The van der Waals surface area contributed by atoms with E-state index in [4.69, 9.17) is 30.9 Å². The van der Waals surface area contributed by atoms with Crippen molar-refractivity contribution in [3.05, 3.63) is 77.2 Å². The highest BCUT2D eigenvalue weighted by Crippen LogP contribution is 2.37. The molecule has 1 heterocycles. The molecule has 8 nitrogen and oxygen atoms in total. The summed E-state index contributed by atoms with van der Waals surface area (Å²) in [5.41, 5.74) is 6.58. The molecule has 4 atom stereocenters. The minimum atomic E-state index is -1.61. The van der Waals surface area contributed by atoms with Crippen molar-refractivity contribution in [3.63, 3.8) is 0 Å². The minimum absolute atomic E-state index is 0.0541. The third-order valence-electron chi connectivity index (χ3n) is 5.62. The number of benzene rings is 2. The first-order valence-corrected chi connectivity index (χ1v) is 11.4. The molecule has 5 N–H and O–H groups in total. The Morgan fingerprint density at radius 3 is 2.36 bits per heavy atom. The first-order chi connectivity index (χ1) is 17.3. The third-order valence-corrected chi connectivity index (χ3v) is 5.62. The van der Waals surface area contributed by atoms with Gasteiger partial charge in [0.05, 0.1) is 31.6 Å². The van der Waals surface area contributed by atoms with E-state index >= 15 is 0 Å². The number of rotatable bonds is 8. The summed E-state index contributed by atoms with van der Waals surface area (Å²) < 4.78 is 56.6. The van der Waals surface area contributed by atoms with Gasteiger partial charge in [0.15, 0.2) is 23.6 Å². The van der Waals surface area contributed by atoms with Crippen LogP contribution in [0.1, 0.15) is 37.3 Å². The quantitative estimate of drug-likeness (QED) is 0.163. The molecular formula is C25H32F3N3O5. The zero-order valence-electron chi connectivity index (χ0n) is 20.4. The lowest BCUT2D eigenvalue weighted by Gasteiger charge is -2.44. The molecule has 1 saturated heterocycles. The van der Waals surface area contributed by atoms with Gasteiger partial charge in [0.2, 0.25) is 0 Å². The second kappa shape index (κ2) is 13.8. The van der Waals surface area contributed by atoms with Crippen molar-refractivity contribution in [2.45, 2.75) is 44.4 Å². The SMILES string of the molecule is CC.COC(=O)C1CC(N(N)/C=C(\N)c2cc(F)c(F)c(F)c2)C(c2ccccc2)C(COCO)O1. The van der Waals surface area contributed by atoms with Gasteiger partial charge in [-0.3, -0.25) is 0 Å². The van der Waals surface area contributed by atoms with Crippen LogP contribution in [-0.2, 0) is 19.0 Å². The number of hydrazine groups is 1. The van der Waals surface area contributed by atoms with E-state index in [2.05, 4.69) is 0 Å². The van der Waals surface area contributed by atoms with E-state index in [9.17, 15) is 18.0 Å². The van der Waals surface area contributed by atoms with Gasteiger partial charge in [0, 0.05) is 24.1 Å². The standard InChI is InChI=1S/C23H26F3N3O5.C2H6/c1-32-23(31)19-9-18(21(13-5-3-2-4-6-13)20(34-19)11-33-12-30)29(28)10-17(27)14-7-15(24)22(26)16(25)8-14;1-2/h2-8,10,18-21,30H,9,11-12,27-28H2,1H3;1-2H3/b17-10-;. The highest BCUT2D eigenvalue weighted by molar-refractivity contribution is 5.75. The molecule has 36 heavy (non-hydrogen) atoms. The van der Waals surface area contributed by atoms with E-state index in [1.807, 2.05) is 44.2 Å². The molecular weight excluding hydrogens is 479 g/mol. The average Bonchev–Trinajstić information content (AvgIpc) is 2.90. The molecule has 3 rings (SSSR count). The number of aliphatic hydroxyl groups excluding tert-OH is 1. The van der Waals surface area contributed by atoms with Crippen molar-refractivity contribution in [2.75, 3.05) is 20.5 Å². The van der Waals surface area contributed by atoms with Gasteiger partial charge in [-0.25, -0.2) is 23.8 Å². The molecule has 2 aromatic carbocycles. The fourth-order valence-corrected chi connectivity index (χ4v) is 4.03. The van der Waals surface area contributed by atoms with E-state index in [1.165, 1.54) is 18.3 Å². The Morgan fingerprint density at radius 2 is 1.81 bits per heavy atom. The number of hydrogen-bond donors (Lipinski definition) is 3. The van der Waals surface area contributed by atoms with Crippen LogP contribution in [0.4, 0.5) is 13.2 Å². The van der Waals surface area contributed by atoms with Gasteiger partial charge in [-0.2, -0.15) is 0 Å². The minimum Gasteiger partial charge on any atom is -0.467 e. The number of halogens is 3. The average molecular weight is 512 g/mol. The summed E-state index contributed by atoms with van der Waals surface area (Å²) in [4.78, 5) is 12.3. The number of hydrogen-bond acceptors (Lipinski definition) is 8. The van der Waals surface area contributed by atoms with Crippen molar-refractivity contribution >= 4 is 11.7 Å². The molecule has 2 aromatic rings. The third kappa shape index (κ3) is 6.97. The van der Waals surface area contributed by atoms with Crippen LogP contribution in [-0.4, -0.2) is 54.8 Å². The molecule has 1 aliphatic heterocycles. The number of ether oxygens (including phenoxy) is 3. The lowest BCUT2D eigenvalue weighted by Crippen LogP contribution is -2.54. The molecule has 198 valence electrons. The summed E-state index contributed by atoms with van der Waals surface area (Å²) >= 11 is 0. The summed E-state index contributed by atoms with van der Waals surface area (Å²) in [6, 6.07) is 10.1. The Labute approximate surface area is 208 Å². The molecule has 11 heteroatoms. The van der Waals surface area contributed by atoms with Crippen LogP contribution in [0.2, 0.25) is 0 Å². The molecule has 0 radical (unpaired) electrons. The molecule has 0 bridgehead atoms. The number of esters is 1. The number of nitrogens with zero attached hydrogens (tertiary/aromatic N) is 1. The zero-order chi connectivity index (χ0) is 26.8. The molecule has 4 unspecified atom stereocenters. The van der Waals surface area contributed by atoms with Gasteiger partial charge in [-0.1, -0.05) is 44.2 Å². The van der Waals surface area contributed by atoms with E-state index in [0.717, 1.165) is 17.7 Å². The fraction of sp³-hybridized carbons (Fsp3) is 0.400. The molecule has 0 saturated carbocycles. The Bertz CT molecular complexity index is 1000. The maximum Gasteiger partial charge on any atom is 0.335 e. The van der Waals surface area contributed by atoms with Crippen molar-refractivity contribution < 1.29 is 37.3 Å². The number of aliphatic hydroxyl groups is 1. The Hall–Kier alpha value is -3.12. The summed E-state index contributed by atoms with van der Waals surface area (Å²) in [7, 11) is 1.22. The molecule has 0 amide bonds. The number of nitrogens with two attached hydrogens (primary N) is 2. The lowest BCUT2D eigenvalue weighted by molar-refractivity contribution is -0.176. The van der Waals surface area contributed by atoms with Crippen molar-refractivity contribution in [2.24, 2.45) is 11.6 Å². The highest BCUT2D eigenvalue weighted by Gasteiger charge is 2.44. The molecule has 1 fully saturated rings. The van der Waals surface area contributed by atoms with E-state index in [-0.39, 0.29) is 24.3 Å². The molecule has 1 aliphatic rings. The Balaban J connectivity index is 0.00000222. The maximum absolute atomic E-state index is 13.7.